The summed E-state index contributed by atoms with van der Waals surface area (Å²) in [5.41, 5.74) is 0.637. The van der Waals surface area contributed by atoms with E-state index in [9.17, 15) is 0 Å². The summed E-state index contributed by atoms with van der Waals surface area (Å²) in [6.07, 6.45) is 0. The van der Waals surface area contributed by atoms with Gasteiger partial charge in [-0.25, -0.2) is 0 Å². The monoisotopic (exact) mass is 109 g/mol. The quantitative estimate of drug-likeness (QED) is 0.574. The van der Waals surface area contributed by atoms with Crippen molar-refractivity contribution in [3.05, 3.63) is 35.9 Å². The van der Waals surface area contributed by atoms with Crippen LogP contribution < -0.4 is 0 Å². The van der Waals surface area contributed by atoms with Crippen molar-refractivity contribution in [2.24, 2.45) is 0 Å². The Labute approximate surface area is 50.0 Å². The van der Waals surface area contributed by atoms with Gasteiger partial charge in [-0.2, -0.15) is 0 Å². The van der Waals surface area contributed by atoms with Crippen molar-refractivity contribution < 1.29 is 6.48 Å². The number of hydrogen-bond donors (Lipinski definition) is 1. The molecule has 1 heteroatoms. The molecule has 0 aliphatic carbocycles. The van der Waals surface area contributed by atoms with Gasteiger partial charge >= 0.3 is 0 Å². The Morgan fingerprint density at radius 2 is 2.00 bits per heavy atom. The van der Waals surface area contributed by atoms with Gasteiger partial charge in [-0.05, 0) is 5.56 Å². The molecular weight excluding hydrogens is 100 g/mol. The maximum Gasteiger partial charge on any atom is 0.0681 e. The third-order valence-corrected chi connectivity index (χ3v) is 0.949. The van der Waals surface area contributed by atoms with Gasteiger partial charge in [-0.15, -0.1) is 0 Å². The first kappa shape index (κ1) is 4.10. The largest absolute Gasteiger partial charge is 0.392 e. The molecule has 1 N–H and O–H groups in total. The molecule has 1 nitrogen and oxygen atoms in total. The fourth-order valence-corrected chi connectivity index (χ4v) is 0.539. The molecule has 1 aromatic carbocycles. The maximum atomic E-state index is 8.69. The lowest BCUT2D eigenvalue weighted by molar-refractivity contribution is 0.282. The summed E-state index contributed by atoms with van der Waals surface area (Å²) < 4.78 is 6.87. The molecule has 42 valence electrons. The molecule has 0 saturated heterocycles. The number of aliphatic hydroxyl groups is 1. The maximum absolute atomic E-state index is 8.69. The number of rotatable bonds is 1. The fraction of sp³-hybridized carbons (Fsp3) is 0.143. The van der Waals surface area contributed by atoms with Crippen LogP contribution in [0.3, 0.4) is 0 Å². The van der Waals surface area contributed by atoms with E-state index in [2.05, 4.69) is 0 Å². The van der Waals surface area contributed by atoms with E-state index in [4.69, 9.17) is 6.48 Å². The van der Waals surface area contributed by atoms with Crippen molar-refractivity contribution in [2.75, 3.05) is 0 Å². The molecule has 1 atom stereocenters. The predicted molar refractivity (Wildman–Crippen MR) is 32.4 cm³/mol. The standard InChI is InChI=1S/C7H8O/c8-6-7-4-2-1-3-5-7/h1-5,8H,6H2/i6D. The molecule has 0 heterocycles. The number of aliphatic hydroxyl groups excluding tert-OH is 1. The van der Waals surface area contributed by atoms with E-state index in [0.29, 0.717) is 5.56 Å². The smallest absolute Gasteiger partial charge is 0.0681 e. The number of hydrogen-bond acceptors (Lipinski definition) is 1. The highest BCUT2D eigenvalue weighted by Crippen LogP contribution is 1.95. The third-order valence-electron chi connectivity index (χ3n) is 0.949. The van der Waals surface area contributed by atoms with Crippen LogP contribution >= 0.6 is 0 Å². The molecule has 0 radical (unpaired) electrons. The summed E-state index contributed by atoms with van der Waals surface area (Å²) in [6.45, 7) is -1.09. The Morgan fingerprint density at radius 1 is 1.38 bits per heavy atom. The Hall–Kier alpha value is -0.820. The van der Waals surface area contributed by atoms with Crippen molar-refractivity contribution in [1.82, 2.24) is 0 Å². The van der Waals surface area contributed by atoms with Gasteiger partial charge in [-0.3, -0.25) is 0 Å². The average Bonchev–Trinajstić information content (AvgIpc) is 1.90. The zero-order chi connectivity index (χ0) is 6.69. The highest BCUT2D eigenvalue weighted by atomic mass is 16.3. The molecule has 0 amide bonds. The summed E-state index contributed by atoms with van der Waals surface area (Å²) in [5, 5.41) is 8.69. The molecule has 0 aliphatic rings. The van der Waals surface area contributed by atoms with Crippen molar-refractivity contribution in [3.8, 4) is 0 Å². The minimum Gasteiger partial charge on any atom is -0.392 e. The van der Waals surface area contributed by atoms with E-state index in [0.717, 1.165) is 0 Å². The van der Waals surface area contributed by atoms with Gasteiger partial charge in [0, 0.05) is 0 Å². The van der Waals surface area contributed by atoms with Gasteiger partial charge in [0.25, 0.3) is 0 Å². The minimum absolute atomic E-state index is 0.637. The van der Waals surface area contributed by atoms with Gasteiger partial charge < -0.3 is 5.11 Å². The summed E-state index contributed by atoms with van der Waals surface area (Å²) in [6, 6.07) is 8.89. The van der Waals surface area contributed by atoms with Crippen LogP contribution in [-0.2, 0) is 6.58 Å². The Balaban J connectivity index is 2.85. The lowest BCUT2D eigenvalue weighted by Crippen LogP contribution is -1.77. The van der Waals surface area contributed by atoms with Gasteiger partial charge in [0.15, 0.2) is 0 Å². The van der Waals surface area contributed by atoms with Gasteiger partial charge in [0.1, 0.15) is 0 Å². The molecule has 0 fully saturated rings. The lowest BCUT2D eigenvalue weighted by atomic mass is 10.2. The highest BCUT2D eigenvalue weighted by Gasteiger charge is 1.81. The molecule has 0 aromatic heterocycles. The molecule has 8 heavy (non-hydrogen) atoms. The molecule has 1 aromatic rings. The number of benzene rings is 1. The van der Waals surface area contributed by atoms with Gasteiger partial charge in [0.2, 0.25) is 0 Å². The molecule has 1 unspecified atom stereocenters. The second-order valence-corrected chi connectivity index (χ2v) is 1.54. The van der Waals surface area contributed by atoms with Crippen molar-refractivity contribution in [1.29, 1.82) is 0 Å². The summed E-state index contributed by atoms with van der Waals surface area (Å²) in [4.78, 5) is 0. The molecule has 0 bridgehead atoms. The van der Waals surface area contributed by atoms with Crippen LogP contribution in [0.4, 0.5) is 0 Å². The molecule has 0 spiro atoms. The van der Waals surface area contributed by atoms with E-state index in [1.54, 1.807) is 24.3 Å². The van der Waals surface area contributed by atoms with Crippen LogP contribution in [0.1, 0.15) is 6.93 Å². The van der Waals surface area contributed by atoms with E-state index in [1.165, 1.54) is 0 Å². The Morgan fingerprint density at radius 3 is 2.38 bits per heavy atom. The zero-order valence-electron chi connectivity index (χ0n) is 5.41. The summed E-state index contributed by atoms with van der Waals surface area (Å²) in [5.74, 6) is 0. The normalized spacial score (nSPS) is 14.9. The van der Waals surface area contributed by atoms with Gasteiger partial charge in [0.05, 0.1) is 7.95 Å². The average molecular weight is 109 g/mol. The van der Waals surface area contributed by atoms with Crippen molar-refractivity contribution in [2.45, 2.75) is 6.58 Å². The third kappa shape index (κ3) is 1.07. The van der Waals surface area contributed by atoms with Crippen LogP contribution in [0, 0.1) is 0 Å². The highest BCUT2D eigenvalue weighted by molar-refractivity contribution is 5.12. The zero-order valence-corrected chi connectivity index (χ0v) is 4.41. The first-order chi connectivity index (χ1) is 4.30. The molecular formula is C7H8O. The Bertz CT molecular complexity index is 172. The van der Waals surface area contributed by atoms with E-state index in [-0.39, 0.29) is 0 Å². The molecule has 0 aliphatic heterocycles. The SMILES string of the molecule is [2H]C(O)c1ccccc1. The first-order valence-corrected chi connectivity index (χ1v) is 2.46. The van der Waals surface area contributed by atoms with E-state index < -0.39 is 6.58 Å². The van der Waals surface area contributed by atoms with Crippen LogP contribution in [0.25, 0.3) is 0 Å². The Kier molecular flexibility index (Phi) is 1.27. The second kappa shape index (κ2) is 2.48. The lowest BCUT2D eigenvalue weighted by Gasteiger charge is -1.89. The van der Waals surface area contributed by atoms with Crippen molar-refractivity contribution in [3.63, 3.8) is 0 Å². The predicted octanol–water partition coefficient (Wildman–Crippen LogP) is 1.18. The minimum atomic E-state index is -1.09. The van der Waals surface area contributed by atoms with Crippen LogP contribution in [0.15, 0.2) is 30.3 Å². The second-order valence-electron chi connectivity index (χ2n) is 1.54. The topological polar surface area (TPSA) is 20.2 Å². The summed E-state index contributed by atoms with van der Waals surface area (Å²) >= 11 is 0. The molecule has 0 saturated carbocycles. The summed E-state index contributed by atoms with van der Waals surface area (Å²) in [7, 11) is 0. The molecule has 1 rings (SSSR count). The van der Waals surface area contributed by atoms with Gasteiger partial charge in [-0.1, -0.05) is 30.3 Å². The first-order valence-electron chi connectivity index (χ1n) is 3.03. The van der Waals surface area contributed by atoms with E-state index in [1.807, 2.05) is 6.07 Å². The van der Waals surface area contributed by atoms with Crippen LogP contribution in [0.5, 0.6) is 0 Å². The van der Waals surface area contributed by atoms with Crippen LogP contribution in [0.2, 0.25) is 0 Å². The van der Waals surface area contributed by atoms with Crippen molar-refractivity contribution >= 4 is 0 Å². The fourth-order valence-electron chi connectivity index (χ4n) is 0.539. The van der Waals surface area contributed by atoms with E-state index >= 15 is 0 Å². The van der Waals surface area contributed by atoms with Crippen LogP contribution in [-0.4, -0.2) is 5.11 Å².